The molecule has 1 heterocycles. The molecule has 0 radical (unpaired) electrons. The van der Waals surface area contributed by atoms with Gasteiger partial charge in [0.2, 0.25) is 0 Å². The van der Waals surface area contributed by atoms with Crippen LogP contribution in [0.15, 0.2) is 29.2 Å². The number of thioether (sulfide) groups is 1. The fraction of sp³-hybridized carbons (Fsp3) is 0.250. The maximum Gasteiger partial charge on any atom is 0.129 e. The van der Waals surface area contributed by atoms with Gasteiger partial charge in [0.25, 0.3) is 0 Å². The summed E-state index contributed by atoms with van der Waals surface area (Å²) in [6, 6.07) is 7.39. The fourth-order valence-corrected chi connectivity index (χ4v) is 3.20. The van der Waals surface area contributed by atoms with Crippen LogP contribution in [-0.4, -0.2) is 10.1 Å². The lowest BCUT2D eigenvalue weighted by Crippen LogP contribution is -1.80. The van der Waals surface area contributed by atoms with E-state index in [1.54, 1.807) is 29.2 Å². The number of thiazole rings is 1. The highest BCUT2D eigenvalue weighted by atomic mass is 32.2. The molecule has 1 aromatic carbocycles. The van der Waals surface area contributed by atoms with E-state index in [1.807, 2.05) is 25.1 Å². The van der Waals surface area contributed by atoms with Gasteiger partial charge in [-0.2, -0.15) is 0 Å². The van der Waals surface area contributed by atoms with Crippen molar-refractivity contribution in [3.63, 3.8) is 0 Å². The Morgan fingerprint density at radius 3 is 2.69 bits per heavy atom. The molecule has 1 N–H and O–H groups in total. The highest BCUT2D eigenvalue weighted by Gasteiger charge is 2.06. The molecule has 0 amide bonds. The Morgan fingerprint density at radius 2 is 2.06 bits per heavy atom. The van der Waals surface area contributed by atoms with Crippen molar-refractivity contribution in [3.8, 4) is 5.75 Å². The number of hydrogen-bond acceptors (Lipinski definition) is 4. The first-order valence-corrected chi connectivity index (χ1v) is 6.80. The van der Waals surface area contributed by atoms with E-state index >= 15 is 0 Å². The number of benzene rings is 1. The monoisotopic (exact) mass is 251 g/mol. The molecular formula is C12H13NOS2. The first kappa shape index (κ1) is 11.5. The quantitative estimate of drug-likeness (QED) is 0.843. The number of para-hydroxylation sites is 1. The zero-order chi connectivity index (χ0) is 11.5. The summed E-state index contributed by atoms with van der Waals surface area (Å²) < 4.78 is 0. The molecule has 0 unspecified atom stereocenters. The van der Waals surface area contributed by atoms with Crippen LogP contribution in [0.25, 0.3) is 0 Å². The SMILES string of the molecule is Cc1nc(CSc2ccccc2O)sc1C. The lowest BCUT2D eigenvalue weighted by Gasteiger charge is -2.01. The van der Waals surface area contributed by atoms with Gasteiger partial charge >= 0.3 is 0 Å². The van der Waals surface area contributed by atoms with Crippen molar-refractivity contribution in [2.75, 3.05) is 0 Å². The van der Waals surface area contributed by atoms with E-state index in [0.29, 0.717) is 5.75 Å². The molecule has 84 valence electrons. The van der Waals surface area contributed by atoms with Crippen LogP contribution in [0, 0.1) is 13.8 Å². The smallest absolute Gasteiger partial charge is 0.129 e. The molecule has 2 rings (SSSR count). The number of hydrogen-bond donors (Lipinski definition) is 1. The summed E-state index contributed by atoms with van der Waals surface area (Å²) in [5.74, 6) is 1.16. The normalized spacial score (nSPS) is 10.6. The molecule has 0 aliphatic rings. The van der Waals surface area contributed by atoms with E-state index < -0.39 is 0 Å². The molecule has 0 spiro atoms. The summed E-state index contributed by atoms with van der Waals surface area (Å²) in [5.41, 5.74) is 1.11. The van der Waals surface area contributed by atoms with E-state index in [-0.39, 0.29) is 0 Å². The van der Waals surface area contributed by atoms with Gasteiger partial charge in [-0.3, -0.25) is 0 Å². The van der Waals surface area contributed by atoms with Crippen molar-refractivity contribution in [3.05, 3.63) is 39.8 Å². The molecule has 0 fully saturated rings. The molecule has 0 aliphatic carbocycles. The topological polar surface area (TPSA) is 33.1 Å². The number of rotatable bonds is 3. The fourth-order valence-electron chi connectivity index (χ4n) is 1.32. The van der Waals surface area contributed by atoms with Crippen molar-refractivity contribution in [2.24, 2.45) is 0 Å². The van der Waals surface area contributed by atoms with E-state index in [0.717, 1.165) is 21.3 Å². The van der Waals surface area contributed by atoms with Crippen LogP contribution in [-0.2, 0) is 5.75 Å². The Kier molecular flexibility index (Phi) is 3.51. The number of nitrogens with zero attached hydrogens (tertiary/aromatic N) is 1. The minimum Gasteiger partial charge on any atom is -0.507 e. The average Bonchev–Trinajstić information content (AvgIpc) is 2.57. The van der Waals surface area contributed by atoms with Crippen LogP contribution in [0.4, 0.5) is 0 Å². The van der Waals surface area contributed by atoms with Crippen LogP contribution in [0.2, 0.25) is 0 Å². The molecule has 1 aromatic heterocycles. The lowest BCUT2D eigenvalue weighted by atomic mass is 10.3. The van der Waals surface area contributed by atoms with Gasteiger partial charge in [-0.25, -0.2) is 4.98 Å². The van der Waals surface area contributed by atoms with Crippen molar-refractivity contribution in [2.45, 2.75) is 24.5 Å². The standard InChI is InChI=1S/C12H13NOS2/c1-8-9(2)16-12(13-8)7-15-11-6-4-3-5-10(11)14/h3-6,14H,7H2,1-2H3. The molecule has 16 heavy (non-hydrogen) atoms. The third-order valence-electron chi connectivity index (χ3n) is 2.29. The maximum atomic E-state index is 9.61. The molecule has 0 aliphatic heterocycles. The predicted octanol–water partition coefficient (Wildman–Crippen LogP) is 3.76. The Hall–Kier alpha value is -1.00. The second-order valence-corrected chi connectivity index (χ2v) is 5.81. The summed E-state index contributed by atoms with van der Waals surface area (Å²) >= 11 is 3.35. The summed E-state index contributed by atoms with van der Waals surface area (Å²) in [6.07, 6.45) is 0. The van der Waals surface area contributed by atoms with Gasteiger partial charge in [0.1, 0.15) is 10.8 Å². The Labute approximate surface area is 103 Å². The molecule has 2 aromatic rings. The summed E-state index contributed by atoms with van der Waals surface area (Å²) in [7, 11) is 0. The van der Waals surface area contributed by atoms with Gasteiger partial charge in [0, 0.05) is 9.77 Å². The molecule has 4 heteroatoms. The Bertz CT molecular complexity index is 474. The zero-order valence-corrected chi connectivity index (χ0v) is 10.9. The second kappa shape index (κ2) is 4.89. The predicted molar refractivity (Wildman–Crippen MR) is 69.3 cm³/mol. The van der Waals surface area contributed by atoms with Crippen molar-refractivity contribution < 1.29 is 5.11 Å². The Balaban J connectivity index is 2.05. The number of aromatic hydroxyl groups is 1. The summed E-state index contributed by atoms with van der Waals surface area (Å²) in [4.78, 5) is 6.65. The number of aryl methyl sites for hydroxylation is 2. The lowest BCUT2D eigenvalue weighted by molar-refractivity contribution is 0.462. The van der Waals surface area contributed by atoms with E-state index in [1.165, 1.54) is 4.88 Å². The van der Waals surface area contributed by atoms with Crippen LogP contribution in [0.3, 0.4) is 0 Å². The largest absolute Gasteiger partial charge is 0.507 e. The number of aromatic nitrogens is 1. The number of phenols is 1. The Morgan fingerprint density at radius 1 is 1.31 bits per heavy atom. The van der Waals surface area contributed by atoms with Crippen molar-refractivity contribution in [1.29, 1.82) is 0 Å². The van der Waals surface area contributed by atoms with Gasteiger partial charge in [-0.15, -0.1) is 23.1 Å². The molecule has 0 atom stereocenters. The van der Waals surface area contributed by atoms with Crippen LogP contribution in [0.1, 0.15) is 15.6 Å². The first-order chi connectivity index (χ1) is 7.66. The van der Waals surface area contributed by atoms with Gasteiger partial charge in [0.15, 0.2) is 0 Å². The molecular weight excluding hydrogens is 238 g/mol. The first-order valence-electron chi connectivity index (χ1n) is 5.00. The summed E-state index contributed by atoms with van der Waals surface area (Å²) in [5, 5.41) is 10.7. The highest BCUT2D eigenvalue weighted by Crippen LogP contribution is 2.31. The van der Waals surface area contributed by atoms with Crippen LogP contribution in [0.5, 0.6) is 5.75 Å². The van der Waals surface area contributed by atoms with Crippen LogP contribution >= 0.6 is 23.1 Å². The third-order valence-corrected chi connectivity index (χ3v) is 4.62. The molecule has 0 saturated heterocycles. The van der Waals surface area contributed by atoms with Gasteiger partial charge in [-0.05, 0) is 26.0 Å². The molecule has 0 bridgehead atoms. The minimum atomic E-state index is 0.345. The summed E-state index contributed by atoms with van der Waals surface area (Å²) in [6.45, 7) is 4.11. The minimum absolute atomic E-state index is 0.345. The van der Waals surface area contributed by atoms with Gasteiger partial charge in [-0.1, -0.05) is 12.1 Å². The third kappa shape index (κ3) is 2.57. The van der Waals surface area contributed by atoms with Crippen LogP contribution < -0.4 is 0 Å². The van der Waals surface area contributed by atoms with Crippen molar-refractivity contribution in [1.82, 2.24) is 4.98 Å². The molecule has 0 saturated carbocycles. The number of phenolic OH excluding ortho intramolecular Hbond substituents is 1. The van der Waals surface area contributed by atoms with Gasteiger partial charge in [0.05, 0.1) is 11.4 Å². The van der Waals surface area contributed by atoms with E-state index in [4.69, 9.17) is 0 Å². The second-order valence-electron chi connectivity index (χ2n) is 3.51. The zero-order valence-electron chi connectivity index (χ0n) is 9.23. The van der Waals surface area contributed by atoms with E-state index in [9.17, 15) is 5.11 Å². The van der Waals surface area contributed by atoms with Crippen molar-refractivity contribution >= 4 is 23.1 Å². The molecule has 2 nitrogen and oxygen atoms in total. The highest BCUT2D eigenvalue weighted by molar-refractivity contribution is 7.98. The average molecular weight is 251 g/mol. The maximum absolute atomic E-state index is 9.61. The van der Waals surface area contributed by atoms with Gasteiger partial charge < -0.3 is 5.11 Å². The van der Waals surface area contributed by atoms with E-state index in [2.05, 4.69) is 11.9 Å².